The summed E-state index contributed by atoms with van der Waals surface area (Å²) in [7, 11) is 1.65. The number of aromatic nitrogens is 1. The number of rotatable bonds is 5. The predicted octanol–water partition coefficient (Wildman–Crippen LogP) is 4.90. The van der Waals surface area contributed by atoms with Crippen molar-refractivity contribution in [3.63, 3.8) is 0 Å². The highest BCUT2D eigenvalue weighted by atomic mass is 35.5. The van der Waals surface area contributed by atoms with Gasteiger partial charge in [-0.3, -0.25) is 0 Å². The first-order valence-electron chi connectivity index (χ1n) is 7.26. The maximum atomic E-state index is 6.33. The highest BCUT2D eigenvalue weighted by Gasteiger charge is 2.11. The maximum Gasteiger partial charge on any atom is 0.128 e. The third-order valence-electron chi connectivity index (χ3n) is 3.70. The number of ether oxygens (including phenoxy) is 2. The van der Waals surface area contributed by atoms with Crippen LogP contribution in [0.25, 0.3) is 10.9 Å². The van der Waals surface area contributed by atoms with Crippen LogP contribution in [0.1, 0.15) is 12.6 Å². The summed E-state index contributed by atoms with van der Waals surface area (Å²) in [6.45, 7) is 3.45. The summed E-state index contributed by atoms with van der Waals surface area (Å²) in [5.41, 5.74) is 2.17. The Morgan fingerprint density at radius 1 is 1.05 bits per heavy atom. The Kier molecular flexibility index (Phi) is 4.25. The van der Waals surface area contributed by atoms with Crippen LogP contribution < -0.4 is 9.47 Å². The lowest BCUT2D eigenvalue weighted by Gasteiger charge is -2.11. The van der Waals surface area contributed by atoms with Gasteiger partial charge >= 0.3 is 0 Å². The first-order valence-corrected chi connectivity index (χ1v) is 7.64. The summed E-state index contributed by atoms with van der Waals surface area (Å²) in [6.07, 6.45) is 0. The van der Waals surface area contributed by atoms with Crippen LogP contribution in [0.5, 0.6) is 11.5 Å². The largest absolute Gasteiger partial charge is 0.497 e. The number of para-hydroxylation sites is 1. The molecule has 0 radical (unpaired) electrons. The van der Waals surface area contributed by atoms with Crippen LogP contribution in [-0.4, -0.2) is 11.7 Å². The molecule has 0 amide bonds. The van der Waals surface area contributed by atoms with Gasteiger partial charge in [0.15, 0.2) is 0 Å². The fourth-order valence-corrected chi connectivity index (χ4v) is 2.95. The number of halogens is 1. The molecule has 0 saturated heterocycles. The van der Waals surface area contributed by atoms with Crippen LogP contribution in [0, 0.1) is 0 Å². The molecule has 4 heteroatoms. The molecule has 0 saturated carbocycles. The standard InChI is InChI=1S/C18H18ClNO2/c1-3-20-14(10-13-6-4-9-17(19)18(13)20)12-22-16-8-5-7-15(11-16)21-2/h4-11H,3,12H2,1-2H3. The maximum absolute atomic E-state index is 6.33. The van der Waals surface area contributed by atoms with Gasteiger partial charge in [0.05, 0.1) is 23.3 Å². The molecule has 0 unspecified atom stereocenters. The number of fused-ring (bicyclic) bond motifs is 1. The lowest BCUT2D eigenvalue weighted by Crippen LogP contribution is -2.04. The monoisotopic (exact) mass is 315 g/mol. The van der Waals surface area contributed by atoms with Crippen LogP contribution in [0.15, 0.2) is 48.5 Å². The van der Waals surface area contributed by atoms with Crippen molar-refractivity contribution in [2.45, 2.75) is 20.1 Å². The molecule has 3 nitrogen and oxygen atoms in total. The minimum absolute atomic E-state index is 0.492. The Labute approximate surface area is 135 Å². The lowest BCUT2D eigenvalue weighted by atomic mass is 10.2. The molecule has 0 atom stereocenters. The van der Waals surface area contributed by atoms with E-state index in [-0.39, 0.29) is 0 Å². The van der Waals surface area contributed by atoms with E-state index < -0.39 is 0 Å². The van der Waals surface area contributed by atoms with E-state index in [0.717, 1.165) is 39.7 Å². The fraction of sp³-hybridized carbons (Fsp3) is 0.222. The summed E-state index contributed by atoms with van der Waals surface area (Å²) < 4.78 is 13.3. The SMILES string of the molecule is CCn1c(COc2cccc(OC)c2)cc2cccc(Cl)c21. The molecule has 0 spiro atoms. The van der Waals surface area contributed by atoms with Crippen LogP contribution in [0.2, 0.25) is 5.02 Å². The van der Waals surface area contributed by atoms with Gasteiger partial charge in [-0.2, -0.15) is 0 Å². The number of hydrogen-bond acceptors (Lipinski definition) is 2. The van der Waals surface area contributed by atoms with E-state index in [9.17, 15) is 0 Å². The van der Waals surface area contributed by atoms with Gasteiger partial charge in [0.25, 0.3) is 0 Å². The van der Waals surface area contributed by atoms with E-state index in [1.807, 2.05) is 36.4 Å². The molecule has 0 aliphatic heterocycles. The smallest absolute Gasteiger partial charge is 0.128 e. The normalized spacial score (nSPS) is 10.9. The number of nitrogens with zero attached hydrogens (tertiary/aromatic N) is 1. The molecule has 2 aromatic carbocycles. The van der Waals surface area contributed by atoms with Crippen LogP contribution in [0.3, 0.4) is 0 Å². The van der Waals surface area contributed by atoms with Crippen molar-refractivity contribution < 1.29 is 9.47 Å². The molecule has 0 N–H and O–H groups in total. The van der Waals surface area contributed by atoms with Gasteiger partial charge in [0.1, 0.15) is 18.1 Å². The number of aryl methyl sites for hydroxylation is 1. The molecule has 3 rings (SSSR count). The van der Waals surface area contributed by atoms with Crippen LogP contribution in [0.4, 0.5) is 0 Å². The first kappa shape index (κ1) is 14.8. The fourth-order valence-electron chi connectivity index (χ4n) is 2.66. The summed E-state index contributed by atoms with van der Waals surface area (Å²) in [6, 6.07) is 15.7. The molecule has 0 fully saturated rings. The van der Waals surface area contributed by atoms with Crippen molar-refractivity contribution in [1.82, 2.24) is 4.57 Å². The van der Waals surface area contributed by atoms with Crippen molar-refractivity contribution in [2.75, 3.05) is 7.11 Å². The molecule has 1 heterocycles. The third kappa shape index (κ3) is 2.77. The van der Waals surface area contributed by atoms with E-state index in [2.05, 4.69) is 23.6 Å². The second kappa shape index (κ2) is 6.32. The average Bonchev–Trinajstić information content (AvgIpc) is 2.92. The Bertz CT molecular complexity index is 795. The Hall–Kier alpha value is -2.13. The van der Waals surface area contributed by atoms with Crippen molar-refractivity contribution >= 4 is 22.5 Å². The molecule has 0 aliphatic rings. The number of hydrogen-bond donors (Lipinski definition) is 0. The summed E-state index contributed by atoms with van der Waals surface area (Å²) in [5, 5.41) is 1.91. The van der Waals surface area contributed by atoms with Gasteiger partial charge in [0, 0.05) is 18.0 Å². The van der Waals surface area contributed by atoms with Crippen LogP contribution in [-0.2, 0) is 13.2 Å². The van der Waals surface area contributed by atoms with Crippen molar-refractivity contribution in [3.8, 4) is 11.5 Å². The Balaban J connectivity index is 1.89. The highest BCUT2D eigenvalue weighted by Crippen LogP contribution is 2.28. The zero-order valence-corrected chi connectivity index (χ0v) is 13.4. The number of methoxy groups -OCH3 is 1. The quantitative estimate of drug-likeness (QED) is 0.668. The molecule has 1 aromatic heterocycles. The van der Waals surface area contributed by atoms with Crippen LogP contribution >= 0.6 is 11.6 Å². The highest BCUT2D eigenvalue weighted by molar-refractivity contribution is 6.35. The van der Waals surface area contributed by atoms with E-state index in [1.54, 1.807) is 7.11 Å². The van der Waals surface area contributed by atoms with Crippen molar-refractivity contribution in [2.24, 2.45) is 0 Å². The van der Waals surface area contributed by atoms with Gasteiger partial charge in [-0.05, 0) is 31.2 Å². The van der Waals surface area contributed by atoms with Gasteiger partial charge in [-0.25, -0.2) is 0 Å². The van der Waals surface area contributed by atoms with E-state index in [4.69, 9.17) is 21.1 Å². The molecule has 0 aliphatic carbocycles. The molecular formula is C18H18ClNO2. The Morgan fingerprint density at radius 3 is 2.59 bits per heavy atom. The minimum atomic E-state index is 0.492. The zero-order valence-electron chi connectivity index (χ0n) is 12.7. The predicted molar refractivity (Wildman–Crippen MR) is 89.9 cm³/mol. The summed E-state index contributed by atoms with van der Waals surface area (Å²) in [5.74, 6) is 1.58. The lowest BCUT2D eigenvalue weighted by molar-refractivity contribution is 0.294. The van der Waals surface area contributed by atoms with Crippen molar-refractivity contribution in [1.29, 1.82) is 0 Å². The van der Waals surface area contributed by atoms with Gasteiger partial charge in [-0.15, -0.1) is 0 Å². The van der Waals surface area contributed by atoms with Gasteiger partial charge < -0.3 is 14.0 Å². The topological polar surface area (TPSA) is 23.4 Å². The molecule has 3 aromatic rings. The molecular weight excluding hydrogens is 298 g/mol. The number of benzene rings is 2. The summed E-state index contributed by atoms with van der Waals surface area (Å²) >= 11 is 6.33. The second-order valence-corrected chi connectivity index (χ2v) is 5.43. The molecule has 0 bridgehead atoms. The zero-order chi connectivity index (χ0) is 15.5. The van der Waals surface area contributed by atoms with Crippen molar-refractivity contribution in [3.05, 3.63) is 59.2 Å². The second-order valence-electron chi connectivity index (χ2n) is 5.03. The van der Waals surface area contributed by atoms with E-state index >= 15 is 0 Å². The first-order chi connectivity index (χ1) is 10.7. The average molecular weight is 316 g/mol. The summed E-state index contributed by atoms with van der Waals surface area (Å²) in [4.78, 5) is 0. The minimum Gasteiger partial charge on any atom is -0.497 e. The van der Waals surface area contributed by atoms with Gasteiger partial charge in [-0.1, -0.05) is 29.8 Å². The Morgan fingerprint density at radius 2 is 1.82 bits per heavy atom. The van der Waals surface area contributed by atoms with Gasteiger partial charge in [0.2, 0.25) is 0 Å². The molecule has 22 heavy (non-hydrogen) atoms. The van der Waals surface area contributed by atoms with E-state index in [1.165, 1.54) is 0 Å². The molecule has 114 valence electrons. The van der Waals surface area contributed by atoms with E-state index in [0.29, 0.717) is 6.61 Å². The third-order valence-corrected chi connectivity index (χ3v) is 4.01.